The number of likely N-dealkylation sites (tertiary alicyclic amines) is 2. The highest BCUT2D eigenvalue weighted by molar-refractivity contribution is 5.95. The predicted octanol–water partition coefficient (Wildman–Crippen LogP) is 4.92. The van der Waals surface area contributed by atoms with Crippen LogP contribution in [0.15, 0.2) is 36.5 Å². The van der Waals surface area contributed by atoms with Gasteiger partial charge in [-0.3, -0.25) is 4.79 Å². The number of β-amino-alcohol motifs (C(OH)–C–C–N with tert-alkyl or cyclic N) is 1. The Balaban J connectivity index is 1.11. The van der Waals surface area contributed by atoms with Crippen molar-refractivity contribution in [1.29, 1.82) is 0 Å². The van der Waals surface area contributed by atoms with E-state index in [2.05, 4.69) is 4.98 Å². The van der Waals surface area contributed by atoms with E-state index >= 15 is 0 Å². The zero-order chi connectivity index (χ0) is 26.9. The Morgan fingerprint density at radius 3 is 2.42 bits per heavy atom. The number of ether oxygens (including phenoxy) is 1. The van der Waals surface area contributed by atoms with Gasteiger partial charge in [0.25, 0.3) is 5.91 Å². The van der Waals surface area contributed by atoms with Crippen LogP contribution in [0.25, 0.3) is 11.1 Å². The third-order valence-corrected chi connectivity index (χ3v) is 8.33. The van der Waals surface area contributed by atoms with E-state index in [0.29, 0.717) is 56.1 Å². The van der Waals surface area contributed by atoms with Crippen molar-refractivity contribution in [2.24, 2.45) is 11.3 Å². The van der Waals surface area contributed by atoms with Gasteiger partial charge in [0, 0.05) is 48.6 Å². The van der Waals surface area contributed by atoms with Gasteiger partial charge in [-0.2, -0.15) is 13.2 Å². The second-order valence-electron chi connectivity index (χ2n) is 10.9. The number of aromatic nitrogens is 1. The first-order chi connectivity index (χ1) is 18.1. The summed E-state index contributed by atoms with van der Waals surface area (Å²) in [5.74, 6) is -0.189. The van der Waals surface area contributed by atoms with Gasteiger partial charge in [-0.25, -0.2) is 9.37 Å². The monoisotopic (exact) mass is 535 g/mol. The number of alkyl halides is 3. The van der Waals surface area contributed by atoms with E-state index < -0.39 is 23.5 Å². The molecule has 6 nitrogen and oxygen atoms in total. The molecule has 0 radical (unpaired) electrons. The van der Waals surface area contributed by atoms with E-state index in [-0.39, 0.29) is 43.3 Å². The number of halogens is 4. The Morgan fingerprint density at radius 1 is 1.11 bits per heavy atom. The number of carbonyl (C=O) groups excluding carboxylic acids is 1. The molecule has 1 atom stereocenters. The topological polar surface area (TPSA) is 65.9 Å². The van der Waals surface area contributed by atoms with Gasteiger partial charge in [0.15, 0.2) is 0 Å². The van der Waals surface area contributed by atoms with Gasteiger partial charge >= 0.3 is 6.18 Å². The molecular formula is C28H33F4N3O3. The number of pyridine rings is 1. The number of rotatable bonds is 7. The fourth-order valence-electron chi connectivity index (χ4n) is 5.69. The summed E-state index contributed by atoms with van der Waals surface area (Å²) in [6.07, 6.45) is 0.0374. The second-order valence-corrected chi connectivity index (χ2v) is 10.9. The van der Waals surface area contributed by atoms with Gasteiger partial charge < -0.3 is 19.6 Å². The summed E-state index contributed by atoms with van der Waals surface area (Å²) in [6, 6.07) is 7.70. The van der Waals surface area contributed by atoms with Crippen LogP contribution in [0.1, 0.15) is 48.9 Å². The van der Waals surface area contributed by atoms with Crippen LogP contribution >= 0.6 is 0 Å². The van der Waals surface area contributed by atoms with Gasteiger partial charge in [0.2, 0.25) is 5.88 Å². The van der Waals surface area contributed by atoms with Gasteiger partial charge in [0.05, 0.1) is 18.1 Å². The predicted molar refractivity (Wildman–Crippen MR) is 133 cm³/mol. The highest BCUT2D eigenvalue weighted by Gasteiger charge is 2.58. The quantitative estimate of drug-likeness (QED) is 0.510. The maximum Gasteiger partial charge on any atom is 0.395 e. The van der Waals surface area contributed by atoms with E-state index in [9.17, 15) is 27.5 Å². The van der Waals surface area contributed by atoms with Crippen molar-refractivity contribution in [3.8, 4) is 17.0 Å². The van der Waals surface area contributed by atoms with Gasteiger partial charge in [-0.05, 0) is 69.3 Å². The fraction of sp³-hybridized carbons (Fsp3) is 0.571. The number of aliphatic hydroxyl groups excluding tert-OH is 1. The average Bonchev–Trinajstić information content (AvgIpc) is 3.31. The highest BCUT2D eigenvalue weighted by atomic mass is 19.4. The summed E-state index contributed by atoms with van der Waals surface area (Å²) >= 11 is 0. The Morgan fingerprint density at radius 2 is 1.87 bits per heavy atom. The van der Waals surface area contributed by atoms with Crippen molar-refractivity contribution in [3.05, 3.63) is 47.9 Å². The van der Waals surface area contributed by atoms with Crippen LogP contribution in [-0.4, -0.2) is 77.4 Å². The maximum absolute atomic E-state index is 14.8. The van der Waals surface area contributed by atoms with Crippen molar-refractivity contribution in [1.82, 2.24) is 14.8 Å². The number of carbonyl (C=O) groups is 1. The van der Waals surface area contributed by atoms with Crippen molar-refractivity contribution < 1.29 is 32.2 Å². The van der Waals surface area contributed by atoms with E-state index in [1.54, 1.807) is 24.3 Å². The van der Waals surface area contributed by atoms with Gasteiger partial charge in [0.1, 0.15) is 5.82 Å². The van der Waals surface area contributed by atoms with Crippen LogP contribution in [0.5, 0.6) is 5.88 Å². The molecule has 38 heavy (non-hydrogen) atoms. The standard InChI is InChI=1S/C28H33F4N3O3/c29-24-14-20(26(37)35-13-8-22(36)16-35)2-4-23(24)21-3-5-25(33-15-21)38-17-19-6-11-34(12-7-19)18-27(9-1-10-27)28(30,31)32/h2-5,14-15,19,22,36H,1,6-13,16-18H2. The molecule has 1 unspecified atom stereocenters. The van der Waals surface area contributed by atoms with Crippen molar-refractivity contribution in [2.75, 3.05) is 39.3 Å². The Labute approximate surface area is 219 Å². The molecule has 2 saturated heterocycles. The molecule has 1 N–H and O–H groups in total. The zero-order valence-corrected chi connectivity index (χ0v) is 21.2. The number of amides is 1. The van der Waals surface area contributed by atoms with Crippen LogP contribution in [0.2, 0.25) is 0 Å². The van der Waals surface area contributed by atoms with Crippen LogP contribution < -0.4 is 4.74 Å². The third-order valence-electron chi connectivity index (χ3n) is 8.33. The lowest BCUT2D eigenvalue weighted by Crippen LogP contribution is -2.53. The molecule has 1 amide bonds. The van der Waals surface area contributed by atoms with Crippen LogP contribution in [-0.2, 0) is 0 Å². The molecule has 0 spiro atoms. The molecule has 3 fully saturated rings. The molecule has 10 heteroatoms. The molecule has 1 saturated carbocycles. The summed E-state index contributed by atoms with van der Waals surface area (Å²) < 4.78 is 61.1. The SMILES string of the molecule is O=C(c1ccc(-c2ccc(OCC3CCN(CC4(C(F)(F)F)CCC4)CC3)nc2)c(F)c1)N1CCC(O)C1. The summed E-state index contributed by atoms with van der Waals surface area (Å²) in [5, 5.41) is 9.64. The number of hydrogen-bond donors (Lipinski definition) is 1. The van der Waals surface area contributed by atoms with Crippen LogP contribution in [0, 0.1) is 17.2 Å². The first kappa shape index (κ1) is 26.9. The largest absolute Gasteiger partial charge is 0.477 e. The molecule has 3 aliphatic rings. The average molecular weight is 536 g/mol. The second kappa shape index (κ2) is 10.8. The molecule has 3 heterocycles. The van der Waals surface area contributed by atoms with Crippen LogP contribution in [0.3, 0.4) is 0 Å². The van der Waals surface area contributed by atoms with E-state index in [1.807, 2.05) is 4.90 Å². The van der Waals surface area contributed by atoms with Crippen molar-refractivity contribution >= 4 is 5.91 Å². The molecule has 1 aromatic carbocycles. The minimum absolute atomic E-state index is 0.0974. The number of aliphatic hydroxyl groups is 1. The highest BCUT2D eigenvalue weighted by Crippen LogP contribution is 2.53. The molecular weight excluding hydrogens is 502 g/mol. The minimum Gasteiger partial charge on any atom is -0.477 e. The fourth-order valence-corrected chi connectivity index (χ4v) is 5.69. The van der Waals surface area contributed by atoms with Crippen molar-refractivity contribution in [2.45, 2.75) is 50.8 Å². The molecule has 206 valence electrons. The first-order valence-corrected chi connectivity index (χ1v) is 13.3. The third kappa shape index (κ3) is 5.66. The molecule has 0 bridgehead atoms. The van der Waals surface area contributed by atoms with E-state index in [1.165, 1.54) is 17.2 Å². The summed E-state index contributed by atoms with van der Waals surface area (Å²) in [6.45, 7) is 2.50. The molecule has 2 aromatic rings. The number of hydrogen-bond acceptors (Lipinski definition) is 5. The lowest BCUT2D eigenvalue weighted by Gasteiger charge is -2.47. The Hall–Kier alpha value is -2.72. The Kier molecular flexibility index (Phi) is 7.64. The molecule has 1 aromatic heterocycles. The van der Waals surface area contributed by atoms with Gasteiger partial charge in [-0.15, -0.1) is 0 Å². The first-order valence-electron chi connectivity index (χ1n) is 13.3. The summed E-state index contributed by atoms with van der Waals surface area (Å²) in [7, 11) is 0. The Bertz CT molecular complexity index is 1130. The lowest BCUT2D eigenvalue weighted by molar-refractivity contribution is -0.256. The van der Waals surface area contributed by atoms with Gasteiger partial charge in [-0.1, -0.05) is 12.5 Å². The number of nitrogens with zero attached hydrogens (tertiary/aromatic N) is 3. The maximum atomic E-state index is 14.8. The lowest BCUT2D eigenvalue weighted by atomic mass is 9.67. The zero-order valence-electron chi connectivity index (χ0n) is 21.2. The van der Waals surface area contributed by atoms with E-state index in [0.717, 1.165) is 12.8 Å². The summed E-state index contributed by atoms with van der Waals surface area (Å²) in [5.41, 5.74) is -0.416. The normalized spacial score (nSPS) is 22.3. The molecule has 2 aliphatic heterocycles. The van der Waals surface area contributed by atoms with Crippen molar-refractivity contribution in [3.63, 3.8) is 0 Å². The smallest absolute Gasteiger partial charge is 0.395 e. The van der Waals surface area contributed by atoms with Crippen LogP contribution in [0.4, 0.5) is 17.6 Å². The molecule has 5 rings (SSSR count). The number of piperidine rings is 1. The molecule has 1 aliphatic carbocycles. The van der Waals surface area contributed by atoms with E-state index in [4.69, 9.17) is 4.74 Å². The summed E-state index contributed by atoms with van der Waals surface area (Å²) in [4.78, 5) is 20.3. The number of benzene rings is 1. The minimum atomic E-state index is -4.14.